The summed E-state index contributed by atoms with van der Waals surface area (Å²) in [5, 5.41) is 9.69. The van der Waals surface area contributed by atoms with Crippen LogP contribution < -0.4 is 4.90 Å². The van der Waals surface area contributed by atoms with Gasteiger partial charge < -0.3 is 0 Å². The van der Waals surface area contributed by atoms with E-state index in [1.165, 1.54) is 23.5 Å². The number of rotatable bonds is 1. The molecular formula is C12H8N2O2S. The lowest BCUT2D eigenvalue weighted by molar-refractivity contribution is -0.119. The number of anilines is 1. The van der Waals surface area contributed by atoms with E-state index in [1.54, 1.807) is 0 Å². The van der Waals surface area contributed by atoms with Gasteiger partial charge in [-0.05, 0) is 24.8 Å². The summed E-state index contributed by atoms with van der Waals surface area (Å²) in [7, 11) is 0. The predicted octanol–water partition coefficient (Wildman–Crippen LogP) is 1.54. The minimum absolute atomic E-state index is 0.355. The Morgan fingerprint density at radius 3 is 2.59 bits per heavy atom. The van der Waals surface area contributed by atoms with Gasteiger partial charge in [0, 0.05) is 17.0 Å². The fourth-order valence-corrected chi connectivity index (χ4v) is 3.61. The molecule has 0 fully saturated rings. The van der Waals surface area contributed by atoms with Gasteiger partial charge in [0.15, 0.2) is 0 Å². The second kappa shape index (κ2) is 3.54. The maximum absolute atomic E-state index is 11.6. The number of aryl methyl sites for hydroxylation is 1. The number of carbonyl (C=O) groups excluding carboxylic acids is 2. The Hall–Kier alpha value is -1.93. The van der Waals surface area contributed by atoms with Crippen molar-refractivity contribution in [3.05, 3.63) is 28.2 Å². The molecule has 17 heavy (non-hydrogen) atoms. The third-order valence-corrected chi connectivity index (χ3v) is 4.30. The van der Waals surface area contributed by atoms with Crippen molar-refractivity contribution in [2.75, 3.05) is 4.90 Å². The van der Waals surface area contributed by atoms with Crippen LogP contribution >= 0.6 is 11.3 Å². The summed E-state index contributed by atoms with van der Waals surface area (Å²) in [4.78, 5) is 25.4. The number of fused-ring (bicyclic) bond motifs is 1. The average Bonchev–Trinajstić information content (AvgIpc) is 2.93. The Labute approximate surface area is 102 Å². The summed E-state index contributed by atoms with van der Waals surface area (Å²) in [6, 6.07) is 2.13. The number of carbonyl (C=O) groups is 2. The van der Waals surface area contributed by atoms with E-state index in [0.29, 0.717) is 10.6 Å². The Morgan fingerprint density at radius 1 is 1.24 bits per heavy atom. The van der Waals surface area contributed by atoms with Crippen molar-refractivity contribution in [3.8, 4) is 6.07 Å². The summed E-state index contributed by atoms with van der Waals surface area (Å²) in [6.07, 6.45) is 5.36. The summed E-state index contributed by atoms with van der Waals surface area (Å²) >= 11 is 1.40. The second-order valence-corrected chi connectivity index (χ2v) is 5.08. The quantitative estimate of drug-likeness (QED) is 0.704. The molecule has 2 amide bonds. The predicted molar refractivity (Wildman–Crippen MR) is 62.7 cm³/mol. The Morgan fingerprint density at radius 2 is 1.94 bits per heavy atom. The zero-order valence-electron chi connectivity index (χ0n) is 8.90. The molecule has 2 aliphatic rings. The van der Waals surface area contributed by atoms with Crippen LogP contribution in [0, 0.1) is 11.3 Å². The third kappa shape index (κ3) is 1.34. The molecule has 4 nitrogen and oxygen atoms in total. The Bertz CT molecular complexity index is 589. The van der Waals surface area contributed by atoms with E-state index < -0.39 is 0 Å². The zero-order chi connectivity index (χ0) is 12.0. The van der Waals surface area contributed by atoms with Gasteiger partial charge in [-0.25, -0.2) is 4.90 Å². The van der Waals surface area contributed by atoms with Crippen molar-refractivity contribution >= 4 is 28.2 Å². The van der Waals surface area contributed by atoms with E-state index in [0.717, 1.165) is 34.6 Å². The number of thiophene rings is 1. The van der Waals surface area contributed by atoms with Gasteiger partial charge in [0.05, 0.1) is 5.56 Å². The smallest absolute Gasteiger partial charge is 0.258 e. The van der Waals surface area contributed by atoms with Crippen LogP contribution in [0.1, 0.15) is 22.4 Å². The highest BCUT2D eigenvalue weighted by Gasteiger charge is 2.32. The molecule has 84 valence electrons. The first kappa shape index (κ1) is 10.2. The van der Waals surface area contributed by atoms with E-state index in [4.69, 9.17) is 0 Å². The topological polar surface area (TPSA) is 61.2 Å². The fraction of sp³-hybridized carbons (Fsp3) is 0.250. The number of amides is 2. The molecule has 0 saturated heterocycles. The number of nitriles is 1. The highest BCUT2D eigenvalue weighted by Crippen LogP contribution is 2.41. The number of nitrogens with zero attached hydrogens (tertiary/aromatic N) is 2. The molecule has 1 aliphatic heterocycles. The summed E-state index contributed by atoms with van der Waals surface area (Å²) in [5.74, 6) is -0.710. The first-order chi connectivity index (χ1) is 8.22. The average molecular weight is 244 g/mol. The van der Waals surface area contributed by atoms with Crippen molar-refractivity contribution in [1.29, 1.82) is 5.26 Å². The summed E-state index contributed by atoms with van der Waals surface area (Å²) in [6.45, 7) is 0. The lowest BCUT2D eigenvalue weighted by Crippen LogP contribution is -2.29. The van der Waals surface area contributed by atoms with E-state index >= 15 is 0 Å². The molecule has 1 aliphatic carbocycles. The Balaban J connectivity index is 2.14. The number of hydrogen-bond acceptors (Lipinski definition) is 4. The molecule has 3 rings (SSSR count). The second-order valence-electron chi connectivity index (χ2n) is 3.99. The molecule has 1 aromatic rings. The number of hydrogen-bond donors (Lipinski definition) is 0. The van der Waals surface area contributed by atoms with Crippen LogP contribution in [-0.2, 0) is 22.4 Å². The molecule has 0 saturated carbocycles. The normalized spacial score (nSPS) is 17.7. The first-order valence-electron chi connectivity index (χ1n) is 5.33. The van der Waals surface area contributed by atoms with Gasteiger partial charge in [0.2, 0.25) is 0 Å². The van der Waals surface area contributed by atoms with Crippen molar-refractivity contribution < 1.29 is 9.59 Å². The largest absolute Gasteiger partial charge is 0.269 e. The van der Waals surface area contributed by atoms with E-state index in [-0.39, 0.29) is 11.8 Å². The highest BCUT2D eigenvalue weighted by molar-refractivity contribution is 7.17. The standard InChI is InChI=1S/C12H8N2O2S/c13-6-8-7-2-1-3-9(7)17-12(8)14-10(15)4-5-11(14)16/h4-5H,1-3H2. The minimum Gasteiger partial charge on any atom is -0.269 e. The minimum atomic E-state index is -0.355. The van der Waals surface area contributed by atoms with Crippen molar-refractivity contribution in [2.24, 2.45) is 0 Å². The lowest BCUT2D eigenvalue weighted by atomic mass is 10.1. The third-order valence-electron chi connectivity index (χ3n) is 3.03. The van der Waals surface area contributed by atoms with E-state index in [9.17, 15) is 14.9 Å². The summed E-state index contributed by atoms with van der Waals surface area (Å²) < 4.78 is 0. The molecule has 2 heterocycles. The van der Waals surface area contributed by atoms with Gasteiger partial charge in [-0.15, -0.1) is 11.3 Å². The maximum atomic E-state index is 11.6. The van der Waals surface area contributed by atoms with Crippen LogP contribution in [0.25, 0.3) is 0 Å². The lowest BCUT2D eigenvalue weighted by Gasteiger charge is -2.11. The molecule has 0 aromatic carbocycles. The van der Waals surface area contributed by atoms with Crippen LogP contribution in [0.3, 0.4) is 0 Å². The maximum Gasteiger partial charge on any atom is 0.258 e. The van der Waals surface area contributed by atoms with Crippen molar-refractivity contribution in [3.63, 3.8) is 0 Å². The molecule has 0 spiro atoms. The van der Waals surface area contributed by atoms with Crippen LogP contribution in [0.15, 0.2) is 12.2 Å². The van der Waals surface area contributed by atoms with Gasteiger partial charge in [-0.1, -0.05) is 0 Å². The van der Waals surface area contributed by atoms with E-state index in [1.807, 2.05) is 0 Å². The van der Waals surface area contributed by atoms with Crippen LogP contribution in [-0.4, -0.2) is 11.8 Å². The Kier molecular flexibility index (Phi) is 2.13. The van der Waals surface area contributed by atoms with E-state index in [2.05, 4.69) is 6.07 Å². The molecule has 5 heteroatoms. The summed E-state index contributed by atoms with van der Waals surface area (Å²) in [5.41, 5.74) is 1.54. The zero-order valence-corrected chi connectivity index (χ0v) is 9.71. The monoisotopic (exact) mass is 244 g/mol. The molecule has 0 atom stereocenters. The van der Waals surface area contributed by atoms with Gasteiger partial charge in [0.25, 0.3) is 11.8 Å². The molecule has 0 bridgehead atoms. The van der Waals surface area contributed by atoms with Gasteiger partial charge in [0.1, 0.15) is 11.1 Å². The molecule has 0 unspecified atom stereocenters. The fourth-order valence-electron chi connectivity index (χ4n) is 2.26. The van der Waals surface area contributed by atoms with Gasteiger partial charge in [-0.2, -0.15) is 5.26 Å². The van der Waals surface area contributed by atoms with Crippen molar-refractivity contribution in [2.45, 2.75) is 19.3 Å². The molecule has 1 aromatic heterocycles. The van der Waals surface area contributed by atoms with Crippen LogP contribution in [0.4, 0.5) is 5.00 Å². The number of imide groups is 1. The molecule has 0 radical (unpaired) electrons. The van der Waals surface area contributed by atoms with Gasteiger partial charge in [-0.3, -0.25) is 9.59 Å². The van der Waals surface area contributed by atoms with Gasteiger partial charge >= 0.3 is 0 Å². The van der Waals surface area contributed by atoms with Crippen LogP contribution in [0.2, 0.25) is 0 Å². The van der Waals surface area contributed by atoms with Crippen molar-refractivity contribution in [1.82, 2.24) is 0 Å². The molecule has 0 N–H and O–H groups in total. The van der Waals surface area contributed by atoms with Crippen LogP contribution in [0.5, 0.6) is 0 Å². The highest BCUT2D eigenvalue weighted by atomic mass is 32.1. The first-order valence-corrected chi connectivity index (χ1v) is 6.15. The SMILES string of the molecule is N#Cc1c(N2C(=O)C=CC2=O)sc2c1CCC2. The molecular weight excluding hydrogens is 236 g/mol.